The maximum atomic E-state index is 15.7. The summed E-state index contributed by atoms with van der Waals surface area (Å²) in [6, 6.07) is 16.1. The Kier molecular flexibility index (Phi) is 15.3. The summed E-state index contributed by atoms with van der Waals surface area (Å²) in [7, 11) is 0. The number of nitrogens with one attached hydrogen (secondary N) is 1. The van der Waals surface area contributed by atoms with E-state index in [9.17, 15) is 26.3 Å². The van der Waals surface area contributed by atoms with E-state index in [4.69, 9.17) is 40.4 Å². The Morgan fingerprint density at radius 2 is 1.53 bits per heavy atom. The smallest absolute Gasteiger partial charge is 0.490 e. The maximum Gasteiger partial charge on any atom is 0.490 e. The summed E-state index contributed by atoms with van der Waals surface area (Å²) in [6.45, 7) is 6.34. The molecule has 0 saturated carbocycles. The van der Waals surface area contributed by atoms with Crippen molar-refractivity contribution in [2.75, 3.05) is 17.8 Å². The van der Waals surface area contributed by atoms with Crippen molar-refractivity contribution >= 4 is 40.9 Å². The fraction of sp³-hybridized carbons (Fsp3) is 0.310. The Labute approximate surface area is 268 Å². The molecular formula is C29H31F7N4O6S. The van der Waals surface area contributed by atoms with Gasteiger partial charge in [0.25, 0.3) is 0 Å². The van der Waals surface area contributed by atoms with E-state index in [-0.39, 0.29) is 17.7 Å². The predicted molar refractivity (Wildman–Crippen MR) is 160 cm³/mol. The molecule has 0 aliphatic rings. The van der Waals surface area contributed by atoms with Crippen LogP contribution in [0, 0.1) is 11.2 Å². The molecule has 0 atom stereocenters. The van der Waals surface area contributed by atoms with Gasteiger partial charge in [0.2, 0.25) is 0 Å². The van der Waals surface area contributed by atoms with Crippen LogP contribution in [0.5, 0.6) is 11.5 Å². The lowest BCUT2D eigenvalue weighted by atomic mass is 10.1. The molecule has 0 spiro atoms. The van der Waals surface area contributed by atoms with Crippen molar-refractivity contribution in [3.05, 3.63) is 71.7 Å². The lowest BCUT2D eigenvalue weighted by Crippen LogP contribution is -2.21. The molecule has 3 rings (SSSR count). The number of pyridine rings is 1. The van der Waals surface area contributed by atoms with E-state index in [1.165, 1.54) is 0 Å². The van der Waals surface area contributed by atoms with Gasteiger partial charge in [0.05, 0.1) is 35.7 Å². The molecule has 1 aromatic heterocycles. The third-order valence-electron chi connectivity index (χ3n) is 5.24. The number of aliphatic carboxylic acids is 2. The number of carbonyl (C=O) groups is 2. The third kappa shape index (κ3) is 13.6. The van der Waals surface area contributed by atoms with Crippen LogP contribution in [0.2, 0.25) is 0 Å². The highest BCUT2D eigenvalue weighted by molar-refractivity contribution is 7.98. The van der Waals surface area contributed by atoms with Gasteiger partial charge in [0, 0.05) is 23.4 Å². The van der Waals surface area contributed by atoms with Crippen LogP contribution < -0.4 is 20.1 Å². The molecule has 0 amide bonds. The highest BCUT2D eigenvalue weighted by atomic mass is 32.2. The summed E-state index contributed by atoms with van der Waals surface area (Å²) >= 11 is 1.55. The molecular weight excluding hydrogens is 665 g/mol. The van der Waals surface area contributed by atoms with Crippen molar-refractivity contribution in [1.82, 2.24) is 4.98 Å². The Morgan fingerprint density at radius 3 is 1.96 bits per heavy atom. The van der Waals surface area contributed by atoms with Crippen molar-refractivity contribution in [1.29, 1.82) is 5.41 Å². The number of amidine groups is 1. The zero-order chi connectivity index (χ0) is 36.1. The zero-order valence-electron chi connectivity index (χ0n) is 25.2. The summed E-state index contributed by atoms with van der Waals surface area (Å²) in [5, 5.41) is 22.8. The topological polar surface area (TPSA) is 159 Å². The van der Waals surface area contributed by atoms with Crippen LogP contribution in [-0.2, 0) is 16.1 Å². The molecule has 2 aromatic carbocycles. The third-order valence-corrected chi connectivity index (χ3v) is 5.89. The highest BCUT2D eigenvalue weighted by Crippen LogP contribution is 2.38. The van der Waals surface area contributed by atoms with Gasteiger partial charge in [-0.15, -0.1) is 11.8 Å². The van der Waals surface area contributed by atoms with Gasteiger partial charge in [0.1, 0.15) is 11.6 Å². The first kappa shape index (κ1) is 40.3. The Morgan fingerprint density at radius 1 is 1.00 bits per heavy atom. The van der Waals surface area contributed by atoms with Gasteiger partial charge < -0.3 is 30.3 Å². The largest absolute Gasteiger partial charge is 0.494 e. The van der Waals surface area contributed by atoms with Crippen LogP contribution in [0.3, 0.4) is 0 Å². The average Bonchev–Trinajstić information content (AvgIpc) is 2.97. The minimum atomic E-state index is -5.08. The van der Waals surface area contributed by atoms with Crippen LogP contribution in [0.15, 0.2) is 59.6 Å². The number of carboxylic acids is 2. The van der Waals surface area contributed by atoms with Crippen molar-refractivity contribution in [2.24, 2.45) is 5.73 Å². The van der Waals surface area contributed by atoms with Crippen molar-refractivity contribution < 1.29 is 60.0 Å². The number of nitrogens with two attached hydrogens (primary N) is 1. The number of anilines is 2. The van der Waals surface area contributed by atoms with Crippen LogP contribution in [0.25, 0.3) is 0 Å². The van der Waals surface area contributed by atoms with E-state index < -0.39 is 30.1 Å². The number of rotatable bonds is 10. The number of ether oxygens (including phenoxy) is 2. The zero-order valence-corrected chi connectivity index (χ0v) is 26.1. The number of nitrogen functional groups attached to an aromatic ring is 1. The van der Waals surface area contributed by atoms with E-state index in [1.54, 1.807) is 36.0 Å². The normalized spacial score (nSPS) is 11.0. The van der Waals surface area contributed by atoms with Gasteiger partial charge in [0.15, 0.2) is 11.6 Å². The Balaban J connectivity index is 0.000000658. The lowest BCUT2D eigenvalue weighted by molar-refractivity contribution is -0.193. The molecule has 18 heteroatoms. The van der Waals surface area contributed by atoms with Gasteiger partial charge in [-0.05, 0) is 63.4 Å². The second-order valence-electron chi connectivity index (χ2n) is 9.18. The summed E-state index contributed by atoms with van der Waals surface area (Å²) in [4.78, 5) is 24.3. The van der Waals surface area contributed by atoms with Crippen LogP contribution in [0.4, 0.5) is 42.1 Å². The summed E-state index contributed by atoms with van der Waals surface area (Å²) < 4.78 is 90.7. The molecule has 5 N–H and O–H groups in total. The van der Waals surface area contributed by atoms with Crippen molar-refractivity contribution in [3.8, 4) is 11.5 Å². The number of carboxylic acid groups (broad SMARTS) is 2. The minimum Gasteiger partial charge on any atom is -0.494 e. The summed E-state index contributed by atoms with van der Waals surface area (Å²) in [6.07, 6.45) is -8.40. The molecule has 1 heterocycles. The predicted octanol–water partition coefficient (Wildman–Crippen LogP) is 7.02. The van der Waals surface area contributed by atoms with Gasteiger partial charge in [-0.25, -0.2) is 19.0 Å². The fourth-order valence-electron chi connectivity index (χ4n) is 3.30. The van der Waals surface area contributed by atoms with Gasteiger partial charge in [-0.2, -0.15) is 26.3 Å². The van der Waals surface area contributed by atoms with E-state index in [1.807, 2.05) is 62.3 Å². The standard InChI is InChI=1S/C25H29FN4O2S.2C2HF3O2/c1-5-31-20-13-21(24(26)22(14-20)32-16(2)3)30(15-18-7-6-8-23(29-18)33-4)19-11-9-17(10-12-19)25(27)28;2*3-2(4,5)1(6)7/h6-14,16H,5,15H2,1-4H3,(H3,27,28);2*(H,6,7). The Bertz CT molecular complexity index is 1480. The lowest BCUT2D eigenvalue weighted by Gasteiger charge is -2.27. The van der Waals surface area contributed by atoms with Crippen molar-refractivity contribution in [3.63, 3.8) is 0 Å². The number of halogens is 7. The molecule has 0 aliphatic heterocycles. The molecule has 0 saturated heterocycles. The van der Waals surface area contributed by atoms with Crippen LogP contribution in [0.1, 0.15) is 32.0 Å². The number of thioether (sulfide) groups is 1. The molecule has 0 aliphatic carbocycles. The van der Waals surface area contributed by atoms with Gasteiger partial charge in [-0.1, -0.05) is 6.07 Å². The maximum absolute atomic E-state index is 15.7. The number of hydrogen-bond donors (Lipinski definition) is 4. The average molecular weight is 697 g/mol. The van der Waals surface area contributed by atoms with E-state index in [2.05, 4.69) is 4.98 Å². The molecule has 0 bridgehead atoms. The minimum absolute atomic E-state index is 0.0282. The first-order chi connectivity index (χ1) is 21.7. The molecule has 0 radical (unpaired) electrons. The first-order valence-corrected chi connectivity index (χ1v) is 14.4. The number of aromatic nitrogens is 1. The second-order valence-corrected chi connectivity index (χ2v) is 10.0. The molecule has 3 aromatic rings. The fourth-order valence-corrected chi connectivity index (χ4v) is 3.73. The molecule has 0 fully saturated rings. The second kappa shape index (κ2) is 17.8. The van der Waals surface area contributed by atoms with Crippen LogP contribution >= 0.6 is 11.8 Å². The number of hydrogen-bond acceptors (Lipinski definition) is 8. The number of benzene rings is 2. The summed E-state index contributed by atoms with van der Waals surface area (Å²) in [5.41, 5.74) is 8.02. The number of nitrogens with zero attached hydrogens (tertiary/aromatic N) is 2. The quantitative estimate of drug-likeness (QED) is 0.0751. The van der Waals surface area contributed by atoms with Gasteiger partial charge >= 0.3 is 24.3 Å². The van der Waals surface area contributed by atoms with E-state index in [0.717, 1.165) is 16.4 Å². The first-order valence-electron chi connectivity index (χ1n) is 13.2. The molecule has 0 unspecified atom stereocenters. The Hall–Kier alpha value is -4.74. The SMILES string of the molecule is CCOc1cc(OC(C)C)c(F)c(N(Cc2cccc(SC)n2)c2ccc(C(=N)N)cc2)c1.O=C(O)C(F)(F)F.O=C(O)C(F)(F)F. The van der Waals surface area contributed by atoms with Crippen LogP contribution in [-0.4, -0.2) is 64.3 Å². The van der Waals surface area contributed by atoms with Gasteiger partial charge in [-0.3, -0.25) is 5.41 Å². The molecule has 10 nitrogen and oxygen atoms in total. The van der Waals surface area contributed by atoms with Crippen molar-refractivity contribution in [2.45, 2.75) is 50.8 Å². The molecule has 47 heavy (non-hydrogen) atoms. The number of alkyl halides is 6. The highest BCUT2D eigenvalue weighted by Gasteiger charge is 2.38. The molecule has 258 valence electrons. The monoisotopic (exact) mass is 696 g/mol. The van der Waals surface area contributed by atoms with E-state index >= 15 is 4.39 Å². The van der Waals surface area contributed by atoms with E-state index in [0.29, 0.717) is 30.2 Å². The summed E-state index contributed by atoms with van der Waals surface area (Å²) in [5.74, 6) is -5.38.